The Morgan fingerprint density at radius 3 is 2.22 bits per heavy atom. The van der Waals surface area contributed by atoms with Gasteiger partial charge in [-0.15, -0.1) is 0 Å². The highest BCUT2D eigenvalue weighted by Gasteiger charge is 2.11. The third-order valence-corrected chi connectivity index (χ3v) is 3.40. The Hall–Kier alpha value is -1.47. The molecule has 0 aliphatic rings. The lowest BCUT2D eigenvalue weighted by atomic mass is 9.93. The Balaban J connectivity index is 2.57. The minimum Gasteiger partial charge on any atom is -0.508 e. The number of aryl methyl sites for hydroxylation is 1. The summed E-state index contributed by atoms with van der Waals surface area (Å²) in [4.78, 5) is 0. The van der Waals surface area contributed by atoms with E-state index < -0.39 is 0 Å². The first kappa shape index (κ1) is 13.0. The SMILES string of the molecule is Cc1cc(O)c(C(C)C)cc1-c1ccc(Cl)cc1. The van der Waals surface area contributed by atoms with Crippen LogP contribution in [0.2, 0.25) is 5.02 Å². The van der Waals surface area contributed by atoms with Crippen molar-refractivity contribution >= 4 is 11.6 Å². The molecule has 0 radical (unpaired) electrons. The van der Waals surface area contributed by atoms with Gasteiger partial charge in [-0.05, 0) is 59.4 Å². The fourth-order valence-electron chi connectivity index (χ4n) is 2.11. The molecule has 18 heavy (non-hydrogen) atoms. The van der Waals surface area contributed by atoms with Gasteiger partial charge >= 0.3 is 0 Å². The number of rotatable bonds is 2. The summed E-state index contributed by atoms with van der Waals surface area (Å²) in [5.41, 5.74) is 4.32. The predicted molar refractivity (Wildman–Crippen MR) is 77.4 cm³/mol. The molecule has 0 saturated heterocycles. The van der Waals surface area contributed by atoms with Crippen molar-refractivity contribution in [3.8, 4) is 16.9 Å². The van der Waals surface area contributed by atoms with E-state index >= 15 is 0 Å². The van der Waals surface area contributed by atoms with Crippen LogP contribution in [0.15, 0.2) is 36.4 Å². The van der Waals surface area contributed by atoms with Crippen molar-refractivity contribution in [2.24, 2.45) is 0 Å². The van der Waals surface area contributed by atoms with Crippen LogP contribution < -0.4 is 0 Å². The quantitative estimate of drug-likeness (QED) is 0.792. The van der Waals surface area contributed by atoms with Crippen LogP contribution in [-0.4, -0.2) is 5.11 Å². The van der Waals surface area contributed by atoms with E-state index in [-0.39, 0.29) is 0 Å². The minimum absolute atomic E-state index is 0.302. The van der Waals surface area contributed by atoms with Crippen molar-refractivity contribution in [1.29, 1.82) is 0 Å². The van der Waals surface area contributed by atoms with Crippen molar-refractivity contribution in [3.05, 3.63) is 52.5 Å². The van der Waals surface area contributed by atoms with Crippen LogP contribution in [0.1, 0.15) is 30.9 Å². The van der Waals surface area contributed by atoms with Crippen LogP contribution in [-0.2, 0) is 0 Å². The predicted octanol–water partition coefficient (Wildman–Crippen LogP) is 5.14. The van der Waals surface area contributed by atoms with Gasteiger partial charge in [0.25, 0.3) is 0 Å². The summed E-state index contributed by atoms with van der Waals surface area (Å²) in [6, 6.07) is 11.7. The molecule has 1 N–H and O–H groups in total. The maximum atomic E-state index is 9.96. The zero-order valence-corrected chi connectivity index (χ0v) is 11.6. The molecule has 2 aromatic rings. The normalized spacial score (nSPS) is 10.9. The standard InChI is InChI=1S/C16H17ClO/c1-10(2)14-9-15(11(3)8-16(14)18)12-4-6-13(17)7-5-12/h4-10,18H,1-3H3. The highest BCUT2D eigenvalue weighted by molar-refractivity contribution is 6.30. The molecule has 0 aliphatic carbocycles. The highest BCUT2D eigenvalue weighted by atomic mass is 35.5. The number of phenols is 1. The Morgan fingerprint density at radius 2 is 1.67 bits per heavy atom. The number of phenolic OH excluding ortho intramolecular Hbond substituents is 1. The molecular formula is C16H17ClO. The molecule has 2 aromatic carbocycles. The fraction of sp³-hybridized carbons (Fsp3) is 0.250. The second kappa shape index (κ2) is 5.03. The van der Waals surface area contributed by atoms with Gasteiger partial charge in [0.05, 0.1) is 0 Å². The summed E-state index contributed by atoms with van der Waals surface area (Å²) in [6.07, 6.45) is 0. The van der Waals surface area contributed by atoms with E-state index in [9.17, 15) is 5.11 Å². The summed E-state index contributed by atoms with van der Waals surface area (Å²) in [6.45, 7) is 6.17. The van der Waals surface area contributed by atoms with Crippen LogP contribution >= 0.6 is 11.6 Å². The minimum atomic E-state index is 0.302. The van der Waals surface area contributed by atoms with Gasteiger partial charge in [0, 0.05) is 5.02 Å². The van der Waals surface area contributed by atoms with Gasteiger partial charge in [0.15, 0.2) is 0 Å². The smallest absolute Gasteiger partial charge is 0.119 e. The molecule has 0 atom stereocenters. The van der Waals surface area contributed by atoms with Gasteiger partial charge in [-0.25, -0.2) is 0 Å². The summed E-state index contributed by atoms with van der Waals surface area (Å²) >= 11 is 5.91. The molecule has 0 spiro atoms. The van der Waals surface area contributed by atoms with E-state index in [2.05, 4.69) is 19.9 Å². The van der Waals surface area contributed by atoms with Crippen molar-refractivity contribution < 1.29 is 5.11 Å². The molecule has 0 bridgehead atoms. The lowest BCUT2D eigenvalue weighted by Gasteiger charge is -2.14. The zero-order valence-electron chi connectivity index (χ0n) is 10.9. The van der Waals surface area contributed by atoms with Crippen LogP contribution in [0.5, 0.6) is 5.75 Å². The molecule has 0 saturated carbocycles. The number of hydrogen-bond acceptors (Lipinski definition) is 1. The topological polar surface area (TPSA) is 20.2 Å². The first-order chi connectivity index (χ1) is 8.49. The van der Waals surface area contributed by atoms with Crippen LogP contribution in [0, 0.1) is 6.92 Å². The number of halogens is 1. The average molecular weight is 261 g/mol. The molecule has 1 nitrogen and oxygen atoms in total. The summed E-state index contributed by atoms with van der Waals surface area (Å²) in [5.74, 6) is 0.678. The van der Waals surface area contributed by atoms with Crippen LogP contribution in [0.25, 0.3) is 11.1 Å². The molecular weight excluding hydrogens is 244 g/mol. The van der Waals surface area contributed by atoms with Gasteiger partial charge in [-0.1, -0.05) is 37.6 Å². The molecule has 0 heterocycles. The molecule has 94 valence electrons. The van der Waals surface area contributed by atoms with E-state index in [1.807, 2.05) is 37.3 Å². The van der Waals surface area contributed by atoms with Crippen molar-refractivity contribution in [2.75, 3.05) is 0 Å². The number of aromatic hydroxyl groups is 1. The molecule has 2 rings (SSSR count). The maximum absolute atomic E-state index is 9.96. The average Bonchev–Trinajstić information content (AvgIpc) is 2.30. The number of hydrogen-bond donors (Lipinski definition) is 1. The van der Waals surface area contributed by atoms with Gasteiger partial charge in [-0.2, -0.15) is 0 Å². The van der Waals surface area contributed by atoms with E-state index in [1.54, 1.807) is 0 Å². The molecule has 0 fully saturated rings. The van der Waals surface area contributed by atoms with E-state index in [0.29, 0.717) is 11.7 Å². The van der Waals surface area contributed by atoms with Crippen LogP contribution in [0.3, 0.4) is 0 Å². The van der Waals surface area contributed by atoms with Crippen molar-refractivity contribution in [3.63, 3.8) is 0 Å². The second-order valence-electron chi connectivity index (χ2n) is 4.89. The first-order valence-corrected chi connectivity index (χ1v) is 6.46. The summed E-state index contributed by atoms with van der Waals surface area (Å²) in [5, 5.41) is 10.7. The Labute approximate surface area is 113 Å². The zero-order chi connectivity index (χ0) is 13.3. The van der Waals surface area contributed by atoms with Gasteiger partial charge in [0.2, 0.25) is 0 Å². The van der Waals surface area contributed by atoms with Gasteiger partial charge in [0.1, 0.15) is 5.75 Å². The fourth-order valence-corrected chi connectivity index (χ4v) is 2.24. The third kappa shape index (κ3) is 2.51. The van der Waals surface area contributed by atoms with Gasteiger partial charge in [-0.3, -0.25) is 0 Å². The largest absolute Gasteiger partial charge is 0.508 e. The van der Waals surface area contributed by atoms with E-state index in [1.165, 1.54) is 0 Å². The molecule has 2 heteroatoms. The summed E-state index contributed by atoms with van der Waals surface area (Å²) in [7, 11) is 0. The van der Waals surface area contributed by atoms with E-state index in [4.69, 9.17) is 11.6 Å². The molecule has 0 unspecified atom stereocenters. The Kier molecular flexibility index (Phi) is 3.63. The van der Waals surface area contributed by atoms with E-state index in [0.717, 1.165) is 27.3 Å². The first-order valence-electron chi connectivity index (χ1n) is 6.08. The van der Waals surface area contributed by atoms with Crippen LogP contribution in [0.4, 0.5) is 0 Å². The highest BCUT2D eigenvalue weighted by Crippen LogP contribution is 2.34. The number of benzene rings is 2. The summed E-state index contributed by atoms with van der Waals surface area (Å²) < 4.78 is 0. The third-order valence-electron chi connectivity index (χ3n) is 3.15. The van der Waals surface area contributed by atoms with Crippen molar-refractivity contribution in [2.45, 2.75) is 26.7 Å². The Morgan fingerprint density at radius 1 is 1.06 bits per heavy atom. The molecule has 0 aliphatic heterocycles. The van der Waals surface area contributed by atoms with Gasteiger partial charge < -0.3 is 5.11 Å². The lowest BCUT2D eigenvalue weighted by Crippen LogP contribution is -1.92. The molecule has 0 amide bonds. The molecule has 0 aromatic heterocycles. The monoisotopic (exact) mass is 260 g/mol. The maximum Gasteiger partial charge on any atom is 0.119 e. The Bertz CT molecular complexity index is 556. The second-order valence-corrected chi connectivity index (χ2v) is 5.32. The van der Waals surface area contributed by atoms with Crippen molar-refractivity contribution in [1.82, 2.24) is 0 Å². The lowest BCUT2D eigenvalue weighted by molar-refractivity contribution is 0.464.